The van der Waals surface area contributed by atoms with Gasteiger partial charge in [0.25, 0.3) is 0 Å². The third-order valence-corrected chi connectivity index (χ3v) is 4.75. The van der Waals surface area contributed by atoms with Crippen LogP contribution in [0.25, 0.3) is 0 Å². The Morgan fingerprint density at radius 3 is 2.74 bits per heavy atom. The predicted octanol–water partition coefficient (Wildman–Crippen LogP) is 2.32. The van der Waals surface area contributed by atoms with Gasteiger partial charge in [-0.3, -0.25) is 9.67 Å². The lowest BCUT2D eigenvalue weighted by Crippen LogP contribution is -2.28. The maximum absolute atomic E-state index is 11.3. The van der Waals surface area contributed by atoms with Crippen LogP contribution in [-0.2, 0) is 6.42 Å². The van der Waals surface area contributed by atoms with E-state index in [9.17, 15) is 9.90 Å². The molecular formula is C17H22N4O2. The minimum Gasteiger partial charge on any atom is -0.478 e. The fourth-order valence-corrected chi connectivity index (χ4v) is 3.33. The minimum atomic E-state index is -0.922. The zero-order valence-corrected chi connectivity index (χ0v) is 13.3. The highest BCUT2D eigenvalue weighted by atomic mass is 16.4. The number of nitrogens with zero attached hydrogens (tertiary/aromatic N) is 3. The molecule has 2 aromatic heterocycles. The first-order valence-corrected chi connectivity index (χ1v) is 8.01. The van der Waals surface area contributed by atoms with Gasteiger partial charge >= 0.3 is 5.97 Å². The maximum Gasteiger partial charge on any atom is 0.336 e. The summed E-state index contributed by atoms with van der Waals surface area (Å²) >= 11 is 0. The Morgan fingerprint density at radius 2 is 2.04 bits per heavy atom. The van der Waals surface area contributed by atoms with E-state index in [1.165, 1.54) is 6.20 Å². The molecule has 3 rings (SSSR count). The van der Waals surface area contributed by atoms with Crippen molar-refractivity contribution in [3.63, 3.8) is 0 Å². The van der Waals surface area contributed by atoms with Gasteiger partial charge in [-0.05, 0) is 49.8 Å². The van der Waals surface area contributed by atoms with Crippen LogP contribution in [0.4, 0.5) is 0 Å². The molecule has 2 aromatic rings. The van der Waals surface area contributed by atoms with Gasteiger partial charge in [-0.25, -0.2) is 4.79 Å². The van der Waals surface area contributed by atoms with Crippen molar-refractivity contribution in [2.24, 2.45) is 5.73 Å². The topological polar surface area (TPSA) is 94.0 Å². The second-order valence-corrected chi connectivity index (χ2v) is 6.28. The number of hydrogen-bond donors (Lipinski definition) is 2. The number of carbonyl (C=O) groups is 1. The number of aromatic carboxylic acids is 1. The molecule has 23 heavy (non-hydrogen) atoms. The van der Waals surface area contributed by atoms with Crippen LogP contribution in [0.2, 0.25) is 0 Å². The van der Waals surface area contributed by atoms with E-state index in [2.05, 4.69) is 14.8 Å². The van der Waals surface area contributed by atoms with E-state index in [1.54, 1.807) is 12.3 Å². The van der Waals surface area contributed by atoms with Crippen molar-refractivity contribution in [1.29, 1.82) is 0 Å². The van der Waals surface area contributed by atoms with Gasteiger partial charge in [-0.2, -0.15) is 5.10 Å². The number of carboxylic acids is 1. The van der Waals surface area contributed by atoms with Gasteiger partial charge in [0.2, 0.25) is 0 Å². The Kier molecular flexibility index (Phi) is 4.43. The lowest BCUT2D eigenvalue weighted by molar-refractivity contribution is 0.0695. The number of aromatic nitrogens is 3. The van der Waals surface area contributed by atoms with Crippen LogP contribution in [0.15, 0.2) is 24.7 Å². The summed E-state index contributed by atoms with van der Waals surface area (Å²) in [5, 5.41) is 13.8. The summed E-state index contributed by atoms with van der Waals surface area (Å²) in [4.78, 5) is 15.4. The first kappa shape index (κ1) is 15.7. The van der Waals surface area contributed by atoms with E-state index in [-0.39, 0.29) is 0 Å². The van der Waals surface area contributed by atoms with Crippen molar-refractivity contribution < 1.29 is 9.90 Å². The maximum atomic E-state index is 11.3. The Hall–Kier alpha value is -2.21. The van der Waals surface area contributed by atoms with E-state index < -0.39 is 5.97 Å². The molecule has 0 amide bonds. The molecule has 0 aromatic carbocycles. The summed E-state index contributed by atoms with van der Waals surface area (Å²) in [5.41, 5.74) is 9.14. The molecule has 1 saturated carbocycles. The molecular weight excluding hydrogens is 292 g/mol. The smallest absolute Gasteiger partial charge is 0.336 e. The zero-order valence-electron chi connectivity index (χ0n) is 13.3. The monoisotopic (exact) mass is 314 g/mol. The summed E-state index contributed by atoms with van der Waals surface area (Å²) in [6.45, 7) is 2.05. The third kappa shape index (κ3) is 3.27. The van der Waals surface area contributed by atoms with E-state index >= 15 is 0 Å². The molecule has 1 aliphatic rings. The first-order chi connectivity index (χ1) is 11.1. The van der Waals surface area contributed by atoms with Crippen LogP contribution >= 0.6 is 0 Å². The van der Waals surface area contributed by atoms with Crippen molar-refractivity contribution in [2.45, 2.75) is 51.1 Å². The summed E-state index contributed by atoms with van der Waals surface area (Å²) < 4.78 is 2.08. The Morgan fingerprint density at radius 1 is 1.30 bits per heavy atom. The molecule has 0 radical (unpaired) electrons. The molecule has 6 heteroatoms. The van der Waals surface area contributed by atoms with Crippen LogP contribution in [0.5, 0.6) is 0 Å². The van der Waals surface area contributed by atoms with Crippen molar-refractivity contribution in [1.82, 2.24) is 14.8 Å². The van der Waals surface area contributed by atoms with Gasteiger partial charge < -0.3 is 10.8 Å². The average Bonchev–Trinajstić information content (AvgIpc) is 2.90. The fraction of sp³-hybridized carbons (Fsp3) is 0.471. The van der Waals surface area contributed by atoms with Gasteiger partial charge in [0.15, 0.2) is 0 Å². The fourth-order valence-electron chi connectivity index (χ4n) is 3.33. The molecule has 0 unspecified atom stereocenters. The summed E-state index contributed by atoms with van der Waals surface area (Å²) in [7, 11) is 0. The van der Waals surface area contributed by atoms with Gasteiger partial charge in [-0.15, -0.1) is 0 Å². The predicted molar refractivity (Wildman–Crippen MR) is 86.4 cm³/mol. The SMILES string of the molecule is Cc1c(Cc2cnccc2C(=O)O)cnn1C1CCC(N)CC1. The van der Waals surface area contributed by atoms with Crippen LogP contribution in [0, 0.1) is 6.92 Å². The molecule has 1 fully saturated rings. The van der Waals surface area contributed by atoms with E-state index in [0.717, 1.165) is 36.9 Å². The zero-order chi connectivity index (χ0) is 16.4. The molecule has 0 bridgehead atoms. The second-order valence-electron chi connectivity index (χ2n) is 6.28. The van der Waals surface area contributed by atoms with Gasteiger partial charge in [0, 0.05) is 30.6 Å². The largest absolute Gasteiger partial charge is 0.478 e. The minimum absolute atomic E-state index is 0.302. The molecule has 3 N–H and O–H groups in total. The van der Waals surface area contributed by atoms with E-state index in [1.807, 2.05) is 13.1 Å². The molecule has 6 nitrogen and oxygen atoms in total. The van der Waals surface area contributed by atoms with Crippen LogP contribution in [0.3, 0.4) is 0 Å². The van der Waals surface area contributed by atoms with E-state index in [0.29, 0.717) is 29.6 Å². The summed E-state index contributed by atoms with van der Waals surface area (Å²) in [5.74, 6) is -0.922. The number of pyridine rings is 1. The molecule has 0 spiro atoms. The van der Waals surface area contributed by atoms with Crippen LogP contribution in [0.1, 0.15) is 58.9 Å². The van der Waals surface area contributed by atoms with Crippen molar-refractivity contribution in [2.75, 3.05) is 0 Å². The molecule has 2 heterocycles. The molecule has 0 saturated heterocycles. The van der Waals surface area contributed by atoms with Crippen molar-refractivity contribution in [3.8, 4) is 0 Å². The van der Waals surface area contributed by atoms with Crippen molar-refractivity contribution in [3.05, 3.63) is 47.0 Å². The van der Waals surface area contributed by atoms with Crippen LogP contribution in [-0.4, -0.2) is 31.9 Å². The van der Waals surface area contributed by atoms with Gasteiger partial charge in [-0.1, -0.05) is 0 Å². The highest BCUT2D eigenvalue weighted by Gasteiger charge is 2.23. The Balaban J connectivity index is 1.82. The molecule has 122 valence electrons. The summed E-state index contributed by atoms with van der Waals surface area (Å²) in [6.07, 6.45) is 9.69. The Labute approximate surface area is 135 Å². The van der Waals surface area contributed by atoms with E-state index in [4.69, 9.17) is 5.73 Å². The number of nitrogens with two attached hydrogens (primary N) is 1. The number of rotatable bonds is 4. The average molecular weight is 314 g/mol. The Bertz CT molecular complexity index is 702. The standard InChI is InChI=1S/C17H22N4O2/c1-11-12(8-13-9-19-7-6-16(13)17(22)23)10-20-21(11)15-4-2-14(18)3-5-15/h6-7,9-10,14-15H,2-5,8,18H2,1H3,(H,22,23). The normalized spacial score (nSPS) is 21.3. The summed E-state index contributed by atoms with van der Waals surface area (Å²) in [6, 6.07) is 2.26. The highest BCUT2D eigenvalue weighted by molar-refractivity contribution is 5.89. The van der Waals surface area contributed by atoms with Crippen LogP contribution < -0.4 is 5.73 Å². The first-order valence-electron chi connectivity index (χ1n) is 8.01. The number of hydrogen-bond acceptors (Lipinski definition) is 4. The molecule has 0 atom stereocenters. The molecule has 0 aliphatic heterocycles. The van der Waals surface area contributed by atoms with Gasteiger partial charge in [0.1, 0.15) is 0 Å². The quantitative estimate of drug-likeness (QED) is 0.903. The van der Waals surface area contributed by atoms with Gasteiger partial charge in [0.05, 0.1) is 17.8 Å². The highest BCUT2D eigenvalue weighted by Crippen LogP contribution is 2.29. The third-order valence-electron chi connectivity index (χ3n) is 4.75. The lowest BCUT2D eigenvalue weighted by Gasteiger charge is -2.27. The molecule has 1 aliphatic carbocycles. The lowest BCUT2D eigenvalue weighted by atomic mass is 9.91. The van der Waals surface area contributed by atoms with Crippen molar-refractivity contribution >= 4 is 5.97 Å². The number of carboxylic acid groups (broad SMARTS) is 1. The second kappa shape index (κ2) is 6.50.